The normalized spacial score (nSPS) is 10.2. The van der Waals surface area contributed by atoms with Gasteiger partial charge in [-0.3, -0.25) is 4.79 Å². The zero-order valence-corrected chi connectivity index (χ0v) is 10.1. The molecule has 0 unspecified atom stereocenters. The lowest BCUT2D eigenvalue weighted by Gasteiger charge is -2.03. The van der Waals surface area contributed by atoms with Crippen LogP contribution in [0.3, 0.4) is 0 Å². The monoisotopic (exact) mass is 239 g/mol. The van der Waals surface area contributed by atoms with Crippen LogP contribution in [-0.4, -0.2) is 22.4 Å². The number of carbonyl (C=O) groups excluding carboxylic acids is 1. The summed E-state index contributed by atoms with van der Waals surface area (Å²) < 4.78 is 12.5. The number of nitrogens with one attached hydrogen (secondary N) is 1. The first-order valence-electron chi connectivity index (χ1n) is 5.99. The second-order valence-corrected chi connectivity index (χ2v) is 3.90. The fourth-order valence-corrected chi connectivity index (χ4v) is 1.44. The quantitative estimate of drug-likeness (QED) is 0.743. The number of carbonyl (C=O) groups is 1. The summed E-state index contributed by atoms with van der Waals surface area (Å²) in [7, 11) is 0. The summed E-state index contributed by atoms with van der Waals surface area (Å²) in [5.74, 6) is -0.874. The van der Waals surface area contributed by atoms with Gasteiger partial charge >= 0.3 is 0 Å². The Kier molecular flexibility index (Phi) is 6.14. The number of nitrogens with zero attached hydrogens (tertiary/aromatic N) is 2. The zero-order valence-electron chi connectivity index (χ0n) is 10.1. The van der Waals surface area contributed by atoms with E-state index in [2.05, 4.69) is 22.2 Å². The first kappa shape index (κ1) is 13.5. The topological polar surface area (TPSA) is 54.9 Å². The van der Waals surface area contributed by atoms with Gasteiger partial charge in [0.2, 0.25) is 5.82 Å². The highest BCUT2D eigenvalue weighted by Gasteiger charge is 2.07. The van der Waals surface area contributed by atoms with Crippen LogP contribution in [0.1, 0.15) is 49.6 Å². The van der Waals surface area contributed by atoms with Gasteiger partial charge < -0.3 is 5.32 Å². The van der Waals surface area contributed by atoms with Crippen LogP contribution < -0.4 is 5.32 Å². The largest absolute Gasteiger partial charge is 0.349 e. The van der Waals surface area contributed by atoms with Crippen LogP contribution in [0, 0.1) is 5.82 Å². The van der Waals surface area contributed by atoms with Crippen LogP contribution in [0.15, 0.2) is 12.4 Å². The molecule has 0 saturated carbocycles. The maximum Gasteiger partial charge on any atom is 0.289 e. The number of hydrogen-bond donors (Lipinski definition) is 1. The van der Waals surface area contributed by atoms with E-state index in [0.717, 1.165) is 25.2 Å². The first-order valence-corrected chi connectivity index (χ1v) is 5.99. The second kappa shape index (κ2) is 7.70. The van der Waals surface area contributed by atoms with Crippen molar-refractivity contribution in [2.24, 2.45) is 0 Å². The van der Waals surface area contributed by atoms with E-state index >= 15 is 0 Å². The maximum absolute atomic E-state index is 12.5. The minimum atomic E-state index is -0.541. The Hall–Kier alpha value is -1.52. The molecular formula is C12H18FN3O. The van der Waals surface area contributed by atoms with E-state index in [1.165, 1.54) is 19.3 Å². The molecule has 0 aliphatic rings. The summed E-state index contributed by atoms with van der Waals surface area (Å²) in [6.07, 6.45) is 7.67. The minimum absolute atomic E-state index is 0.0139. The number of unbranched alkanes of at least 4 members (excludes halogenated alkanes) is 4. The molecule has 0 bridgehead atoms. The van der Waals surface area contributed by atoms with Gasteiger partial charge in [0, 0.05) is 6.54 Å². The molecule has 4 nitrogen and oxygen atoms in total. The number of aromatic nitrogens is 2. The average molecular weight is 239 g/mol. The molecule has 1 aromatic heterocycles. The van der Waals surface area contributed by atoms with Gasteiger partial charge in [0.15, 0.2) is 5.82 Å². The number of halogens is 1. The summed E-state index contributed by atoms with van der Waals surface area (Å²) in [6.45, 7) is 2.77. The number of amides is 1. The summed E-state index contributed by atoms with van der Waals surface area (Å²) in [4.78, 5) is 18.7. The van der Waals surface area contributed by atoms with Gasteiger partial charge in [-0.25, -0.2) is 14.4 Å². The van der Waals surface area contributed by atoms with Gasteiger partial charge in [0.1, 0.15) is 0 Å². The Morgan fingerprint density at radius 3 is 2.53 bits per heavy atom. The van der Waals surface area contributed by atoms with Crippen molar-refractivity contribution >= 4 is 5.91 Å². The van der Waals surface area contributed by atoms with Crippen molar-refractivity contribution in [3.05, 3.63) is 24.0 Å². The molecule has 0 atom stereocenters. The molecule has 94 valence electrons. The lowest BCUT2D eigenvalue weighted by atomic mass is 10.1. The van der Waals surface area contributed by atoms with Crippen LogP contribution in [0.2, 0.25) is 0 Å². The average Bonchev–Trinajstić information content (AvgIpc) is 2.34. The summed E-state index contributed by atoms with van der Waals surface area (Å²) in [5.41, 5.74) is 0. The Bertz CT molecular complexity index is 340. The Labute approximate surface area is 101 Å². The smallest absolute Gasteiger partial charge is 0.289 e. The van der Waals surface area contributed by atoms with Crippen molar-refractivity contribution in [1.29, 1.82) is 0 Å². The molecule has 0 saturated heterocycles. The van der Waals surface area contributed by atoms with Gasteiger partial charge in [-0.1, -0.05) is 32.6 Å². The van der Waals surface area contributed by atoms with Crippen LogP contribution in [0.25, 0.3) is 0 Å². The third-order valence-corrected chi connectivity index (χ3v) is 2.39. The molecule has 1 aromatic rings. The molecule has 0 aliphatic heterocycles. The van der Waals surface area contributed by atoms with Crippen molar-refractivity contribution in [3.63, 3.8) is 0 Å². The summed E-state index contributed by atoms with van der Waals surface area (Å²) in [5, 5.41) is 2.71. The molecule has 0 fully saturated rings. The molecule has 1 amide bonds. The van der Waals surface area contributed by atoms with Gasteiger partial charge in [0.25, 0.3) is 5.91 Å². The standard InChI is InChI=1S/C12H18FN3O/c1-2-3-4-5-6-7-14-12(17)11-15-8-10(13)9-16-11/h8-9H,2-7H2,1H3,(H,14,17). The van der Waals surface area contributed by atoms with E-state index < -0.39 is 5.82 Å². The van der Waals surface area contributed by atoms with Crippen LogP contribution in [0.5, 0.6) is 0 Å². The fraction of sp³-hybridized carbons (Fsp3) is 0.583. The summed E-state index contributed by atoms with van der Waals surface area (Å²) in [6, 6.07) is 0. The van der Waals surface area contributed by atoms with Crippen molar-refractivity contribution in [3.8, 4) is 0 Å². The highest BCUT2D eigenvalue weighted by molar-refractivity contribution is 5.90. The molecule has 0 spiro atoms. The molecule has 0 radical (unpaired) electrons. The molecule has 1 rings (SSSR count). The van der Waals surface area contributed by atoms with E-state index in [9.17, 15) is 9.18 Å². The predicted molar refractivity (Wildman–Crippen MR) is 63.1 cm³/mol. The fourth-order valence-electron chi connectivity index (χ4n) is 1.44. The Morgan fingerprint density at radius 2 is 1.88 bits per heavy atom. The van der Waals surface area contributed by atoms with E-state index in [1.54, 1.807) is 0 Å². The minimum Gasteiger partial charge on any atom is -0.349 e. The SMILES string of the molecule is CCCCCCCNC(=O)c1ncc(F)cn1. The lowest BCUT2D eigenvalue weighted by Crippen LogP contribution is -2.26. The highest BCUT2D eigenvalue weighted by Crippen LogP contribution is 2.01. The zero-order chi connectivity index (χ0) is 12.5. The van der Waals surface area contributed by atoms with Crippen LogP contribution >= 0.6 is 0 Å². The van der Waals surface area contributed by atoms with E-state index in [-0.39, 0.29) is 11.7 Å². The molecule has 0 aliphatic carbocycles. The molecule has 1 heterocycles. The van der Waals surface area contributed by atoms with Gasteiger partial charge in [-0.05, 0) is 6.42 Å². The molecule has 1 N–H and O–H groups in total. The maximum atomic E-state index is 12.5. The van der Waals surface area contributed by atoms with Crippen LogP contribution in [-0.2, 0) is 0 Å². The van der Waals surface area contributed by atoms with Crippen molar-refractivity contribution in [1.82, 2.24) is 15.3 Å². The summed E-state index contributed by atoms with van der Waals surface area (Å²) >= 11 is 0. The molecule has 5 heteroatoms. The molecular weight excluding hydrogens is 221 g/mol. The van der Waals surface area contributed by atoms with Crippen molar-refractivity contribution < 1.29 is 9.18 Å². The van der Waals surface area contributed by atoms with Crippen molar-refractivity contribution in [2.75, 3.05) is 6.54 Å². The van der Waals surface area contributed by atoms with Gasteiger partial charge in [-0.2, -0.15) is 0 Å². The van der Waals surface area contributed by atoms with E-state index in [4.69, 9.17) is 0 Å². The van der Waals surface area contributed by atoms with Gasteiger partial charge in [0.05, 0.1) is 12.4 Å². The third-order valence-electron chi connectivity index (χ3n) is 2.39. The molecule has 0 aromatic carbocycles. The first-order chi connectivity index (χ1) is 8.24. The second-order valence-electron chi connectivity index (χ2n) is 3.90. The number of rotatable bonds is 7. The Balaban J connectivity index is 2.19. The lowest BCUT2D eigenvalue weighted by molar-refractivity contribution is 0.0942. The van der Waals surface area contributed by atoms with E-state index in [0.29, 0.717) is 6.54 Å². The van der Waals surface area contributed by atoms with Crippen molar-refractivity contribution in [2.45, 2.75) is 39.0 Å². The third kappa shape index (κ3) is 5.38. The number of hydrogen-bond acceptors (Lipinski definition) is 3. The molecule has 17 heavy (non-hydrogen) atoms. The van der Waals surface area contributed by atoms with Crippen LogP contribution in [0.4, 0.5) is 4.39 Å². The van der Waals surface area contributed by atoms with E-state index in [1.807, 2.05) is 0 Å². The Morgan fingerprint density at radius 1 is 1.24 bits per heavy atom. The van der Waals surface area contributed by atoms with Gasteiger partial charge in [-0.15, -0.1) is 0 Å². The predicted octanol–water partition coefficient (Wildman–Crippen LogP) is 2.32. The highest BCUT2D eigenvalue weighted by atomic mass is 19.1.